The standard InChI is InChI=1S/C10H16N2O3/c1-11-6-8(13)10(14)7-3-4-9(15-2)12-5-7/h3-5,8,10-11,13-14H,6H2,1-2H3. The number of aliphatic hydroxyl groups excluding tert-OH is 2. The Morgan fingerprint density at radius 2 is 2.20 bits per heavy atom. The molecule has 15 heavy (non-hydrogen) atoms. The number of ether oxygens (including phenoxy) is 1. The highest BCUT2D eigenvalue weighted by Crippen LogP contribution is 2.17. The summed E-state index contributed by atoms with van der Waals surface area (Å²) >= 11 is 0. The summed E-state index contributed by atoms with van der Waals surface area (Å²) in [6, 6.07) is 3.32. The van der Waals surface area contributed by atoms with Crippen LogP contribution in [0, 0.1) is 0 Å². The molecule has 0 spiro atoms. The van der Waals surface area contributed by atoms with Crippen molar-refractivity contribution in [3.8, 4) is 5.88 Å². The lowest BCUT2D eigenvalue weighted by atomic mass is 10.1. The smallest absolute Gasteiger partial charge is 0.212 e. The van der Waals surface area contributed by atoms with E-state index in [1.165, 1.54) is 13.3 Å². The molecule has 1 rings (SSSR count). The first-order valence-electron chi connectivity index (χ1n) is 4.69. The number of rotatable bonds is 5. The van der Waals surface area contributed by atoms with Crippen LogP contribution < -0.4 is 10.1 Å². The summed E-state index contributed by atoms with van der Waals surface area (Å²) < 4.78 is 4.89. The van der Waals surface area contributed by atoms with Gasteiger partial charge < -0.3 is 20.3 Å². The van der Waals surface area contributed by atoms with Crippen molar-refractivity contribution in [3.05, 3.63) is 23.9 Å². The topological polar surface area (TPSA) is 74.6 Å². The Balaban J connectivity index is 2.69. The minimum absolute atomic E-state index is 0.327. The van der Waals surface area contributed by atoms with Crippen LogP contribution in [-0.4, -0.2) is 42.0 Å². The molecule has 0 saturated carbocycles. The van der Waals surface area contributed by atoms with Crippen molar-refractivity contribution in [2.45, 2.75) is 12.2 Å². The van der Waals surface area contributed by atoms with Crippen LogP contribution in [-0.2, 0) is 0 Å². The zero-order valence-corrected chi connectivity index (χ0v) is 8.84. The molecule has 0 aliphatic carbocycles. The summed E-state index contributed by atoms with van der Waals surface area (Å²) in [5.41, 5.74) is 0.568. The lowest BCUT2D eigenvalue weighted by Crippen LogP contribution is -2.29. The van der Waals surface area contributed by atoms with Crippen LogP contribution in [0.5, 0.6) is 5.88 Å². The van der Waals surface area contributed by atoms with Crippen molar-refractivity contribution >= 4 is 0 Å². The molecule has 1 aromatic heterocycles. The van der Waals surface area contributed by atoms with Crippen molar-refractivity contribution in [2.75, 3.05) is 20.7 Å². The van der Waals surface area contributed by atoms with E-state index in [4.69, 9.17) is 4.74 Å². The van der Waals surface area contributed by atoms with Gasteiger partial charge in [0.1, 0.15) is 6.10 Å². The van der Waals surface area contributed by atoms with Crippen molar-refractivity contribution in [1.82, 2.24) is 10.3 Å². The quantitative estimate of drug-likeness (QED) is 0.625. The predicted octanol–water partition coefficient (Wildman–Crippen LogP) is -0.296. The van der Waals surface area contributed by atoms with Crippen molar-refractivity contribution in [3.63, 3.8) is 0 Å². The zero-order valence-electron chi connectivity index (χ0n) is 8.84. The van der Waals surface area contributed by atoms with Gasteiger partial charge >= 0.3 is 0 Å². The van der Waals surface area contributed by atoms with E-state index in [0.29, 0.717) is 18.0 Å². The Kier molecular flexibility index (Phi) is 4.48. The fourth-order valence-electron chi connectivity index (χ4n) is 1.23. The molecule has 5 nitrogen and oxygen atoms in total. The molecule has 0 aromatic carbocycles. The number of hydrogen-bond donors (Lipinski definition) is 3. The zero-order chi connectivity index (χ0) is 11.3. The minimum Gasteiger partial charge on any atom is -0.481 e. The van der Waals surface area contributed by atoms with Crippen molar-refractivity contribution < 1.29 is 14.9 Å². The van der Waals surface area contributed by atoms with Crippen LogP contribution in [0.25, 0.3) is 0 Å². The van der Waals surface area contributed by atoms with Gasteiger partial charge in [-0.25, -0.2) is 4.98 Å². The van der Waals surface area contributed by atoms with E-state index in [9.17, 15) is 10.2 Å². The SMILES string of the molecule is CNCC(O)C(O)c1ccc(OC)nc1. The van der Waals surface area contributed by atoms with Crippen LogP contribution in [0.15, 0.2) is 18.3 Å². The largest absolute Gasteiger partial charge is 0.481 e. The van der Waals surface area contributed by atoms with Gasteiger partial charge in [-0.3, -0.25) is 0 Å². The number of aromatic nitrogens is 1. The lowest BCUT2D eigenvalue weighted by Gasteiger charge is -2.17. The van der Waals surface area contributed by atoms with Gasteiger partial charge in [0.2, 0.25) is 5.88 Å². The van der Waals surface area contributed by atoms with Gasteiger partial charge in [-0.05, 0) is 13.1 Å². The van der Waals surface area contributed by atoms with Gasteiger partial charge in [0.15, 0.2) is 0 Å². The molecule has 0 amide bonds. The van der Waals surface area contributed by atoms with Crippen LogP contribution in [0.2, 0.25) is 0 Å². The Labute approximate surface area is 88.7 Å². The van der Waals surface area contributed by atoms with E-state index < -0.39 is 12.2 Å². The molecule has 0 aliphatic rings. The third kappa shape index (κ3) is 3.16. The molecule has 0 saturated heterocycles. The fraction of sp³-hybridized carbons (Fsp3) is 0.500. The second kappa shape index (κ2) is 5.65. The van der Waals surface area contributed by atoms with E-state index in [2.05, 4.69) is 10.3 Å². The molecule has 0 aliphatic heterocycles. The van der Waals surface area contributed by atoms with Gasteiger partial charge in [-0.2, -0.15) is 0 Å². The third-order valence-corrected chi connectivity index (χ3v) is 2.09. The summed E-state index contributed by atoms with van der Waals surface area (Å²) in [4.78, 5) is 3.95. The van der Waals surface area contributed by atoms with E-state index in [-0.39, 0.29) is 0 Å². The van der Waals surface area contributed by atoms with Crippen molar-refractivity contribution in [2.24, 2.45) is 0 Å². The molecule has 2 unspecified atom stereocenters. The van der Waals surface area contributed by atoms with Gasteiger partial charge in [-0.1, -0.05) is 0 Å². The highest BCUT2D eigenvalue weighted by molar-refractivity contribution is 5.20. The summed E-state index contributed by atoms with van der Waals surface area (Å²) in [5.74, 6) is 0.481. The maximum Gasteiger partial charge on any atom is 0.212 e. The molecule has 1 heterocycles. The summed E-state index contributed by atoms with van der Waals surface area (Å²) in [6.45, 7) is 0.327. The first-order chi connectivity index (χ1) is 7.19. The van der Waals surface area contributed by atoms with Crippen LogP contribution >= 0.6 is 0 Å². The van der Waals surface area contributed by atoms with Gasteiger partial charge in [-0.15, -0.1) is 0 Å². The second-order valence-electron chi connectivity index (χ2n) is 3.20. The Bertz CT molecular complexity index is 289. The Hall–Kier alpha value is -1.17. The first-order valence-corrected chi connectivity index (χ1v) is 4.69. The molecule has 2 atom stereocenters. The summed E-state index contributed by atoms with van der Waals surface area (Å²) in [5, 5.41) is 22.0. The molecule has 0 radical (unpaired) electrons. The number of nitrogens with one attached hydrogen (secondary N) is 1. The summed E-state index contributed by atoms with van der Waals surface area (Å²) in [7, 11) is 3.23. The number of methoxy groups -OCH3 is 1. The number of hydrogen-bond acceptors (Lipinski definition) is 5. The van der Waals surface area contributed by atoms with Crippen LogP contribution in [0.3, 0.4) is 0 Å². The number of nitrogens with zero attached hydrogens (tertiary/aromatic N) is 1. The highest BCUT2D eigenvalue weighted by Gasteiger charge is 2.17. The van der Waals surface area contributed by atoms with E-state index in [1.54, 1.807) is 19.2 Å². The third-order valence-electron chi connectivity index (χ3n) is 2.09. The average molecular weight is 212 g/mol. The molecule has 3 N–H and O–H groups in total. The van der Waals surface area contributed by atoms with E-state index in [0.717, 1.165) is 0 Å². The normalized spacial score (nSPS) is 14.7. The Morgan fingerprint density at radius 1 is 1.47 bits per heavy atom. The van der Waals surface area contributed by atoms with Crippen LogP contribution in [0.4, 0.5) is 0 Å². The van der Waals surface area contributed by atoms with Gasteiger partial charge in [0, 0.05) is 24.4 Å². The molecular formula is C10H16N2O3. The average Bonchev–Trinajstić information content (AvgIpc) is 2.28. The van der Waals surface area contributed by atoms with E-state index in [1.807, 2.05) is 0 Å². The maximum atomic E-state index is 9.71. The predicted molar refractivity (Wildman–Crippen MR) is 55.7 cm³/mol. The molecular weight excluding hydrogens is 196 g/mol. The first kappa shape index (κ1) is 11.9. The maximum absolute atomic E-state index is 9.71. The van der Waals surface area contributed by atoms with Gasteiger partial charge in [0.25, 0.3) is 0 Å². The molecule has 1 aromatic rings. The van der Waals surface area contributed by atoms with Crippen LogP contribution in [0.1, 0.15) is 11.7 Å². The molecule has 5 heteroatoms. The van der Waals surface area contributed by atoms with Crippen molar-refractivity contribution in [1.29, 1.82) is 0 Å². The molecule has 0 fully saturated rings. The lowest BCUT2D eigenvalue weighted by molar-refractivity contribution is 0.0200. The highest BCUT2D eigenvalue weighted by atomic mass is 16.5. The monoisotopic (exact) mass is 212 g/mol. The fourth-order valence-corrected chi connectivity index (χ4v) is 1.23. The number of pyridine rings is 1. The molecule has 0 bridgehead atoms. The Morgan fingerprint density at radius 3 is 2.67 bits per heavy atom. The second-order valence-corrected chi connectivity index (χ2v) is 3.20. The number of likely N-dealkylation sites (N-methyl/N-ethyl adjacent to an activating group) is 1. The minimum atomic E-state index is -0.934. The van der Waals surface area contributed by atoms with Gasteiger partial charge in [0.05, 0.1) is 13.2 Å². The number of aliphatic hydroxyl groups is 2. The summed E-state index contributed by atoms with van der Waals surface area (Å²) in [6.07, 6.45) is -0.288. The molecule has 84 valence electrons. The van der Waals surface area contributed by atoms with E-state index >= 15 is 0 Å².